The number of ether oxygens (including phenoxy) is 1. The van der Waals surface area contributed by atoms with Crippen LogP contribution in [0.25, 0.3) is 27.7 Å². The first-order chi connectivity index (χ1) is 19.4. The summed E-state index contributed by atoms with van der Waals surface area (Å²) in [5.74, 6) is -0.353. The number of hydrogen-bond donors (Lipinski definition) is 2. The van der Waals surface area contributed by atoms with Gasteiger partial charge in [0.2, 0.25) is 5.91 Å². The number of morpholine rings is 1. The van der Waals surface area contributed by atoms with Crippen molar-refractivity contribution in [1.29, 1.82) is 0 Å². The van der Waals surface area contributed by atoms with Crippen molar-refractivity contribution in [2.75, 3.05) is 32.0 Å². The minimum Gasteiger partial charge on any atom is -0.381 e. The van der Waals surface area contributed by atoms with Gasteiger partial charge in [-0.1, -0.05) is 41.9 Å². The van der Waals surface area contributed by atoms with Gasteiger partial charge in [0.1, 0.15) is 17.6 Å². The molecule has 0 bridgehead atoms. The molecular weight excluding hydrogens is 532 g/mol. The Labute approximate surface area is 234 Å². The average Bonchev–Trinajstić information content (AvgIpc) is 3.54. The van der Waals surface area contributed by atoms with Crippen LogP contribution in [-0.2, 0) is 16.1 Å². The molecule has 12 heteroatoms. The molecule has 1 aliphatic rings. The average molecular weight is 559 g/mol. The molecule has 3 aromatic heterocycles. The third kappa shape index (κ3) is 4.74. The minimum absolute atomic E-state index is 0.0334. The van der Waals surface area contributed by atoms with Crippen molar-refractivity contribution in [3.8, 4) is 11.1 Å². The molecule has 0 radical (unpaired) electrons. The highest BCUT2D eigenvalue weighted by atomic mass is 35.5. The van der Waals surface area contributed by atoms with Gasteiger partial charge in [0.25, 0.3) is 5.91 Å². The van der Waals surface area contributed by atoms with Gasteiger partial charge < -0.3 is 20.7 Å². The Hall–Kier alpha value is -4.48. The first-order valence-electron chi connectivity index (χ1n) is 12.9. The first kappa shape index (κ1) is 25.8. The smallest absolute Gasteiger partial charge is 0.259 e. The predicted molar refractivity (Wildman–Crippen MR) is 151 cm³/mol. The molecule has 1 atom stereocenters. The van der Waals surface area contributed by atoms with Crippen LogP contribution < -0.4 is 11.1 Å². The largest absolute Gasteiger partial charge is 0.381 e. The van der Waals surface area contributed by atoms with Crippen molar-refractivity contribution in [2.24, 2.45) is 0 Å². The van der Waals surface area contributed by atoms with E-state index < -0.39 is 11.9 Å². The van der Waals surface area contributed by atoms with Gasteiger partial charge in [0.05, 0.1) is 24.3 Å². The molecule has 11 nitrogen and oxygen atoms in total. The number of halogens is 1. The summed E-state index contributed by atoms with van der Waals surface area (Å²) in [6.07, 6.45) is 5.05. The highest BCUT2D eigenvalue weighted by Crippen LogP contribution is 2.38. The molecule has 1 fully saturated rings. The Balaban J connectivity index is 1.38. The molecule has 40 heavy (non-hydrogen) atoms. The number of nitrogens with zero attached hydrogens (tertiary/aromatic N) is 6. The van der Waals surface area contributed by atoms with Gasteiger partial charge in [-0.05, 0) is 30.2 Å². The molecule has 1 aliphatic heterocycles. The van der Waals surface area contributed by atoms with Crippen LogP contribution in [0.15, 0.2) is 61.1 Å². The van der Waals surface area contributed by atoms with E-state index in [4.69, 9.17) is 27.2 Å². The van der Waals surface area contributed by atoms with Gasteiger partial charge in [-0.3, -0.25) is 14.3 Å². The quantitative estimate of drug-likeness (QED) is 0.326. The zero-order valence-corrected chi connectivity index (χ0v) is 22.5. The van der Waals surface area contributed by atoms with Gasteiger partial charge in [-0.25, -0.2) is 9.50 Å². The first-order valence-corrected chi connectivity index (χ1v) is 13.3. The van der Waals surface area contributed by atoms with Gasteiger partial charge in [0, 0.05) is 42.6 Å². The Bertz CT molecular complexity index is 1730. The van der Waals surface area contributed by atoms with Crippen LogP contribution >= 0.6 is 11.6 Å². The Morgan fingerprint density at radius 2 is 1.93 bits per heavy atom. The third-order valence-corrected chi connectivity index (χ3v) is 7.33. The zero-order valence-electron chi connectivity index (χ0n) is 21.7. The maximum absolute atomic E-state index is 13.4. The van der Waals surface area contributed by atoms with Crippen molar-refractivity contribution in [2.45, 2.75) is 19.5 Å². The lowest BCUT2D eigenvalue weighted by molar-refractivity contribution is -0.136. The van der Waals surface area contributed by atoms with E-state index in [2.05, 4.69) is 15.4 Å². The van der Waals surface area contributed by atoms with Crippen molar-refractivity contribution in [3.05, 3.63) is 77.2 Å². The van der Waals surface area contributed by atoms with Crippen LogP contribution in [0.5, 0.6) is 0 Å². The molecule has 2 amide bonds. The molecular formula is C28H27ClN8O3. The fraction of sp³-hybridized carbons (Fsp3) is 0.250. The van der Waals surface area contributed by atoms with Crippen LogP contribution in [0.2, 0.25) is 5.02 Å². The number of nitrogens with two attached hydrogens (primary N) is 1. The van der Waals surface area contributed by atoms with E-state index >= 15 is 0 Å². The van der Waals surface area contributed by atoms with Crippen molar-refractivity contribution in [3.63, 3.8) is 0 Å². The molecule has 4 heterocycles. The molecule has 0 spiro atoms. The Morgan fingerprint density at radius 1 is 1.15 bits per heavy atom. The number of nitrogen functional groups attached to an aromatic ring is 1. The molecule has 5 aromatic rings. The Morgan fingerprint density at radius 3 is 2.70 bits per heavy atom. The third-order valence-electron chi connectivity index (χ3n) is 7.01. The molecule has 1 unspecified atom stereocenters. The number of aromatic nitrogens is 5. The number of carbonyl (C=O) groups excluding carboxylic acids is 2. The topological polar surface area (TPSA) is 133 Å². The van der Waals surface area contributed by atoms with E-state index in [0.717, 1.165) is 16.7 Å². The normalized spacial score (nSPS) is 14.5. The maximum Gasteiger partial charge on any atom is 0.259 e. The van der Waals surface area contributed by atoms with Crippen molar-refractivity contribution < 1.29 is 14.3 Å². The van der Waals surface area contributed by atoms with E-state index in [9.17, 15) is 9.59 Å². The highest BCUT2D eigenvalue weighted by Gasteiger charge is 2.25. The summed E-state index contributed by atoms with van der Waals surface area (Å²) in [5.41, 5.74) is 9.78. The summed E-state index contributed by atoms with van der Waals surface area (Å²) in [6.45, 7) is 4.13. The van der Waals surface area contributed by atoms with Gasteiger partial charge in [-0.2, -0.15) is 5.10 Å². The van der Waals surface area contributed by atoms with Gasteiger partial charge in [0.15, 0.2) is 11.5 Å². The SMILES string of the molecule is CC(NC(=O)c1c(N)nn2cccnc12)c1cc(Cl)c2cn(CC(=O)N3CCOCC3)nc2c1-c1ccccc1. The van der Waals surface area contributed by atoms with Crippen LogP contribution in [0, 0.1) is 0 Å². The van der Waals surface area contributed by atoms with Crippen molar-refractivity contribution in [1.82, 2.24) is 34.6 Å². The fourth-order valence-corrected chi connectivity index (χ4v) is 5.31. The minimum atomic E-state index is -0.484. The Kier molecular flexibility index (Phi) is 6.82. The molecule has 6 rings (SSSR count). The number of fused-ring (bicyclic) bond motifs is 2. The molecule has 0 aliphatic carbocycles. The summed E-state index contributed by atoms with van der Waals surface area (Å²) in [6, 6.07) is 12.8. The lowest BCUT2D eigenvalue weighted by Gasteiger charge is -2.26. The second-order valence-electron chi connectivity index (χ2n) is 9.61. The molecule has 204 valence electrons. The van der Waals surface area contributed by atoms with Crippen LogP contribution in [0.4, 0.5) is 5.82 Å². The standard InChI is InChI=1S/C28H27ClN8O3/c1-17(32-28(39)24-26(30)34-37-9-5-8-31-27(24)37)19-14-21(29)20-15-36(16-22(38)35-10-12-40-13-11-35)33-25(20)23(19)18-6-3-2-4-7-18/h2-9,14-15,17H,10-13,16H2,1H3,(H2,30,34)(H,32,39). The van der Waals surface area contributed by atoms with Crippen LogP contribution in [-0.4, -0.2) is 67.4 Å². The molecule has 1 saturated heterocycles. The highest BCUT2D eigenvalue weighted by molar-refractivity contribution is 6.36. The number of amides is 2. The zero-order chi connectivity index (χ0) is 27.8. The second kappa shape index (κ2) is 10.6. The summed E-state index contributed by atoms with van der Waals surface area (Å²) >= 11 is 6.78. The lowest BCUT2D eigenvalue weighted by Crippen LogP contribution is -2.42. The van der Waals surface area contributed by atoms with E-state index in [-0.39, 0.29) is 23.8 Å². The molecule has 3 N–H and O–H groups in total. The van der Waals surface area contributed by atoms with Gasteiger partial charge >= 0.3 is 0 Å². The van der Waals surface area contributed by atoms with Crippen LogP contribution in [0.1, 0.15) is 28.9 Å². The number of benzene rings is 2. The van der Waals surface area contributed by atoms with E-state index in [0.29, 0.717) is 47.9 Å². The summed E-state index contributed by atoms with van der Waals surface area (Å²) < 4.78 is 8.46. The number of rotatable bonds is 6. The molecule has 0 saturated carbocycles. The monoisotopic (exact) mass is 558 g/mol. The second-order valence-corrected chi connectivity index (χ2v) is 10.0. The molecule has 2 aromatic carbocycles. The predicted octanol–water partition coefficient (Wildman–Crippen LogP) is 3.33. The summed E-state index contributed by atoms with van der Waals surface area (Å²) in [4.78, 5) is 32.4. The lowest BCUT2D eigenvalue weighted by atomic mass is 9.93. The number of nitrogens with one attached hydrogen (secondary N) is 1. The maximum atomic E-state index is 13.4. The number of carbonyl (C=O) groups is 2. The van der Waals surface area contributed by atoms with Crippen molar-refractivity contribution >= 4 is 45.8 Å². The van der Waals surface area contributed by atoms with Gasteiger partial charge in [-0.15, -0.1) is 5.10 Å². The summed E-state index contributed by atoms with van der Waals surface area (Å²) in [5, 5.41) is 13.2. The van der Waals surface area contributed by atoms with E-state index in [1.165, 1.54) is 4.52 Å². The number of hydrogen-bond acceptors (Lipinski definition) is 7. The van der Waals surface area contributed by atoms with Crippen LogP contribution in [0.3, 0.4) is 0 Å². The number of anilines is 1. The fourth-order valence-electron chi connectivity index (χ4n) is 5.05. The summed E-state index contributed by atoms with van der Waals surface area (Å²) in [7, 11) is 0. The van der Waals surface area contributed by atoms with E-state index in [1.54, 1.807) is 34.2 Å². The van der Waals surface area contributed by atoms with E-state index in [1.807, 2.05) is 43.3 Å².